The fourth-order valence-corrected chi connectivity index (χ4v) is 4.53. The number of fused-ring (bicyclic) bond motifs is 2. The number of hydrogen-bond acceptors (Lipinski definition) is 2. The van der Waals surface area contributed by atoms with E-state index in [9.17, 15) is 0 Å². The zero-order valence-electron chi connectivity index (χ0n) is 17.6. The molecule has 0 amide bonds. The van der Waals surface area contributed by atoms with Crippen molar-refractivity contribution in [3.05, 3.63) is 75.2 Å². The molecule has 0 spiro atoms. The SMILES string of the molecule is COc1cc(C)c2cc(C)ccc2c1C1=c2ccc(C)cc2=C(C)CC1OC. The van der Waals surface area contributed by atoms with Crippen molar-refractivity contribution in [3.63, 3.8) is 0 Å². The number of aryl methyl sites for hydroxylation is 3. The fourth-order valence-electron chi connectivity index (χ4n) is 4.53. The minimum Gasteiger partial charge on any atom is -0.496 e. The Labute approximate surface area is 167 Å². The fraction of sp³-hybridized carbons (Fsp3) is 0.308. The van der Waals surface area contributed by atoms with E-state index >= 15 is 0 Å². The molecule has 144 valence electrons. The van der Waals surface area contributed by atoms with Crippen LogP contribution in [0.5, 0.6) is 5.75 Å². The van der Waals surface area contributed by atoms with E-state index in [0.29, 0.717) is 0 Å². The van der Waals surface area contributed by atoms with Gasteiger partial charge < -0.3 is 9.47 Å². The molecule has 1 aliphatic rings. The van der Waals surface area contributed by atoms with Crippen molar-refractivity contribution in [2.75, 3.05) is 14.2 Å². The van der Waals surface area contributed by atoms with E-state index < -0.39 is 0 Å². The summed E-state index contributed by atoms with van der Waals surface area (Å²) < 4.78 is 11.9. The minimum absolute atomic E-state index is 0.0105. The van der Waals surface area contributed by atoms with Crippen LogP contribution in [0.25, 0.3) is 21.9 Å². The lowest BCUT2D eigenvalue weighted by molar-refractivity contribution is 0.151. The molecule has 0 saturated carbocycles. The van der Waals surface area contributed by atoms with Gasteiger partial charge >= 0.3 is 0 Å². The summed E-state index contributed by atoms with van der Waals surface area (Å²) in [6.45, 7) is 8.67. The smallest absolute Gasteiger partial charge is 0.127 e. The van der Waals surface area contributed by atoms with Crippen LogP contribution >= 0.6 is 0 Å². The molecule has 2 nitrogen and oxygen atoms in total. The van der Waals surface area contributed by atoms with Crippen molar-refractivity contribution in [3.8, 4) is 5.75 Å². The summed E-state index contributed by atoms with van der Waals surface area (Å²) in [6, 6.07) is 15.6. The van der Waals surface area contributed by atoms with Crippen molar-refractivity contribution in [2.45, 2.75) is 40.2 Å². The summed E-state index contributed by atoms with van der Waals surface area (Å²) >= 11 is 0. The standard InChI is InChI=1S/C26H28O2/c1-15-7-9-19-21(11-15)17(3)13-23(27-5)25(19)26-20-10-8-16(2)12-22(20)18(4)14-24(26)28-6/h7-13,24H,14H2,1-6H3. The zero-order valence-corrected chi connectivity index (χ0v) is 17.6. The van der Waals surface area contributed by atoms with E-state index in [1.54, 1.807) is 7.11 Å². The number of methoxy groups -OCH3 is 2. The van der Waals surface area contributed by atoms with Crippen LogP contribution in [0.2, 0.25) is 0 Å². The van der Waals surface area contributed by atoms with Gasteiger partial charge in [-0.1, -0.05) is 53.1 Å². The molecule has 0 bridgehead atoms. The van der Waals surface area contributed by atoms with E-state index in [1.165, 1.54) is 49.0 Å². The normalized spacial score (nSPS) is 16.4. The predicted molar refractivity (Wildman–Crippen MR) is 117 cm³/mol. The third-order valence-electron chi connectivity index (χ3n) is 5.98. The second-order valence-corrected chi connectivity index (χ2v) is 7.99. The highest BCUT2D eigenvalue weighted by atomic mass is 16.5. The Morgan fingerprint density at radius 2 is 1.50 bits per heavy atom. The van der Waals surface area contributed by atoms with Crippen molar-refractivity contribution >= 4 is 21.9 Å². The lowest BCUT2D eigenvalue weighted by atomic mass is 9.84. The number of benzene rings is 3. The molecule has 2 heteroatoms. The second kappa shape index (κ2) is 7.10. The Balaban J connectivity index is 2.23. The highest BCUT2D eigenvalue weighted by Crippen LogP contribution is 2.38. The van der Waals surface area contributed by atoms with E-state index in [-0.39, 0.29) is 6.10 Å². The molecule has 0 aromatic heterocycles. The monoisotopic (exact) mass is 372 g/mol. The molecular weight excluding hydrogens is 344 g/mol. The van der Waals surface area contributed by atoms with Crippen LogP contribution in [-0.4, -0.2) is 20.3 Å². The Kier molecular flexibility index (Phi) is 4.76. The van der Waals surface area contributed by atoms with Gasteiger partial charge in [0, 0.05) is 18.2 Å². The van der Waals surface area contributed by atoms with Gasteiger partial charge in [-0.05, 0) is 67.0 Å². The van der Waals surface area contributed by atoms with Gasteiger partial charge in [0.15, 0.2) is 0 Å². The summed E-state index contributed by atoms with van der Waals surface area (Å²) in [6.07, 6.45) is 0.906. The highest BCUT2D eigenvalue weighted by molar-refractivity contribution is 5.99. The molecule has 1 atom stereocenters. The molecule has 4 rings (SSSR count). The molecular formula is C26H28O2. The Hall–Kier alpha value is -2.58. The third kappa shape index (κ3) is 2.93. The van der Waals surface area contributed by atoms with Crippen LogP contribution in [0, 0.1) is 20.8 Å². The second-order valence-electron chi connectivity index (χ2n) is 7.99. The topological polar surface area (TPSA) is 18.5 Å². The van der Waals surface area contributed by atoms with Crippen molar-refractivity contribution < 1.29 is 9.47 Å². The zero-order chi connectivity index (χ0) is 20.0. The molecule has 0 fully saturated rings. The molecule has 1 aliphatic carbocycles. The summed E-state index contributed by atoms with van der Waals surface area (Å²) in [7, 11) is 3.57. The summed E-state index contributed by atoms with van der Waals surface area (Å²) in [5, 5.41) is 5.08. The molecule has 1 unspecified atom stereocenters. The Morgan fingerprint density at radius 3 is 2.21 bits per heavy atom. The average molecular weight is 373 g/mol. The number of ether oxygens (including phenoxy) is 2. The van der Waals surface area contributed by atoms with Gasteiger partial charge in [-0.25, -0.2) is 0 Å². The molecule has 0 N–H and O–H groups in total. The molecule has 28 heavy (non-hydrogen) atoms. The molecule has 0 saturated heterocycles. The Bertz CT molecular complexity index is 1200. The van der Waals surface area contributed by atoms with Gasteiger partial charge in [0.25, 0.3) is 0 Å². The van der Waals surface area contributed by atoms with Crippen LogP contribution in [0.3, 0.4) is 0 Å². The first kappa shape index (κ1) is 18.8. The Morgan fingerprint density at radius 1 is 0.786 bits per heavy atom. The molecule has 0 aliphatic heterocycles. The average Bonchev–Trinajstić information content (AvgIpc) is 2.69. The van der Waals surface area contributed by atoms with Crippen molar-refractivity contribution in [1.29, 1.82) is 0 Å². The van der Waals surface area contributed by atoms with Gasteiger partial charge in [-0.3, -0.25) is 0 Å². The molecule has 0 radical (unpaired) electrons. The first-order valence-electron chi connectivity index (χ1n) is 9.86. The van der Waals surface area contributed by atoms with Crippen LogP contribution < -0.4 is 15.2 Å². The lowest BCUT2D eigenvalue weighted by Gasteiger charge is -2.27. The maximum Gasteiger partial charge on any atom is 0.127 e. The predicted octanol–water partition coefficient (Wildman–Crippen LogP) is 4.56. The summed E-state index contributed by atoms with van der Waals surface area (Å²) in [5.74, 6) is 0.914. The lowest BCUT2D eigenvalue weighted by Crippen LogP contribution is -2.38. The van der Waals surface area contributed by atoms with Gasteiger partial charge in [0.1, 0.15) is 5.75 Å². The van der Waals surface area contributed by atoms with E-state index in [0.717, 1.165) is 17.7 Å². The molecule has 3 aromatic carbocycles. The van der Waals surface area contributed by atoms with Crippen molar-refractivity contribution in [2.24, 2.45) is 0 Å². The van der Waals surface area contributed by atoms with Gasteiger partial charge in [-0.15, -0.1) is 0 Å². The van der Waals surface area contributed by atoms with Gasteiger partial charge in [0.05, 0.1) is 13.2 Å². The minimum atomic E-state index is 0.0105. The van der Waals surface area contributed by atoms with Crippen molar-refractivity contribution in [1.82, 2.24) is 0 Å². The molecule has 0 heterocycles. The van der Waals surface area contributed by atoms with Gasteiger partial charge in [-0.2, -0.15) is 0 Å². The summed E-state index contributed by atoms with van der Waals surface area (Å²) in [5.41, 5.74) is 7.55. The first-order chi connectivity index (χ1) is 13.4. The maximum atomic E-state index is 6.00. The van der Waals surface area contributed by atoms with Crippen LogP contribution in [0.1, 0.15) is 35.6 Å². The van der Waals surface area contributed by atoms with Gasteiger partial charge in [0.2, 0.25) is 0 Å². The van der Waals surface area contributed by atoms with Crippen LogP contribution in [0.4, 0.5) is 0 Å². The largest absolute Gasteiger partial charge is 0.496 e. The third-order valence-corrected chi connectivity index (χ3v) is 5.98. The number of rotatable bonds is 3. The first-order valence-corrected chi connectivity index (χ1v) is 9.86. The van der Waals surface area contributed by atoms with E-state index in [1.807, 2.05) is 7.11 Å². The van der Waals surface area contributed by atoms with Crippen LogP contribution in [-0.2, 0) is 4.74 Å². The quantitative estimate of drug-likeness (QED) is 0.671. The summed E-state index contributed by atoms with van der Waals surface area (Å²) in [4.78, 5) is 0. The van der Waals surface area contributed by atoms with E-state index in [4.69, 9.17) is 9.47 Å². The maximum absolute atomic E-state index is 6.00. The van der Waals surface area contributed by atoms with E-state index in [2.05, 4.69) is 70.2 Å². The van der Waals surface area contributed by atoms with Crippen LogP contribution in [0.15, 0.2) is 42.5 Å². The number of hydrogen-bond donors (Lipinski definition) is 0. The highest BCUT2D eigenvalue weighted by Gasteiger charge is 2.26. The molecule has 3 aromatic rings.